The Kier molecular flexibility index (Phi) is 2.36. The molecule has 1 aliphatic heterocycles. The van der Waals surface area contributed by atoms with Gasteiger partial charge in [-0.1, -0.05) is 0 Å². The smallest absolute Gasteiger partial charge is 0.303 e. The van der Waals surface area contributed by atoms with Crippen molar-refractivity contribution in [2.24, 2.45) is 7.05 Å². The minimum atomic E-state index is -3.35. The van der Waals surface area contributed by atoms with E-state index in [0.29, 0.717) is 18.8 Å². The normalized spacial score (nSPS) is 16.1. The van der Waals surface area contributed by atoms with E-state index in [1.165, 1.54) is 8.61 Å². The molecule has 0 unspecified atom stereocenters. The molecule has 0 N–H and O–H groups in total. The molecule has 0 amide bonds. The molecule has 1 aromatic carbocycles. The van der Waals surface area contributed by atoms with Gasteiger partial charge in [0, 0.05) is 27.2 Å². The van der Waals surface area contributed by atoms with Crippen LogP contribution in [0.1, 0.15) is 0 Å². The topological polar surface area (TPSA) is 58.2 Å². The molecule has 6 nitrogen and oxygen atoms in total. The highest BCUT2D eigenvalue weighted by Gasteiger charge is 2.35. The average molecular weight is 266 g/mol. The molecule has 18 heavy (non-hydrogen) atoms. The SMILES string of the molecule is CN(c1ccc2c(c1)ncn2C)S(=O)(=O)N1CC1. The van der Waals surface area contributed by atoms with Crippen LogP contribution in [0.25, 0.3) is 11.0 Å². The van der Waals surface area contributed by atoms with Crippen molar-refractivity contribution in [1.29, 1.82) is 0 Å². The van der Waals surface area contributed by atoms with Crippen LogP contribution in [0.5, 0.6) is 0 Å². The van der Waals surface area contributed by atoms with Crippen LogP contribution >= 0.6 is 0 Å². The summed E-state index contributed by atoms with van der Waals surface area (Å²) in [5.74, 6) is 0. The van der Waals surface area contributed by atoms with E-state index in [1.54, 1.807) is 25.5 Å². The number of imidazole rings is 1. The van der Waals surface area contributed by atoms with Gasteiger partial charge in [0.1, 0.15) is 0 Å². The molecule has 1 fully saturated rings. The van der Waals surface area contributed by atoms with Crippen LogP contribution in [0.4, 0.5) is 5.69 Å². The third-order valence-electron chi connectivity index (χ3n) is 3.15. The molecule has 3 rings (SSSR count). The fourth-order valence-electron chi connectivity index (χ4n) is 1.90. The first kappa shape index (κ1) is 11.5. The Morgan fingerprint density at radius 2 is 2.06 bits per heavy atom. The Balaban J connectivity index is 2.03. The molecule has 96 valence electrons. The molecule has 0 atom stereocenters. The summed E-state index contributed by atoms with van der Waals surface area (Å²) in [6, 6.07) is 5.47. The Bertz CT molecular complexity index is 703. The quantitative estimate of drug-likeness (QED) is 0.763. The third-order valence-corrected chi connectivity index (χ3v) is 5.07. The summed E-state index contributed by atoms with van der Waals surface area (Å²) < 4.78 is 28.7. The van der Waals surface area contributed by atoms with Crippen molar-refractivity contribution >= 4 is 26.9 Å². The summed E-state index contributed by atoms with van der Waals surface area (Å²) in [6.45, 7) is 1.22. The van der Waals surface area contributed by atoms with E-state index in [9.17, 15) is 8.42 Å². The van der Waals surface area contributed by atoms with Crippen molar-refractivity contribution in [2.45, 2.75) is 0 Å². The van der Waals surface area contributed by atoms with E-state index in [0.717, 1.165) is 11.0 Å². The van der Waals surface area contributed by atoms with Gasteiger partial charge in [-0.3, -0.25) is 4.31 Å². The van der Waals surface area contributed by atoms with Gasteiger partial charge in [0.15, 0.2) is 0 Å². The van der Waals surface area contributed by atoms with Crippen LogP contribution in [0.3, 0.4) is 0 Å². The monoisotopic (exact) mass is 266 g/mol. The molecular formula is C11H14N4O2S. The first-order valence-corrected chi connectivity index (χ1v) is 7.05. The fraction of sp³-hybridized carbons (Fsp3) is 0.364. The van der Waals surface area contributed by atoms with E-state index < -0.39 is 10.2 Å². The van der Waals surface area contributed by atoms with Gasteiger partial charge in [-0.15, -0.1) is 0 Å². The molecule has 0 saturated carbocycles. The van der Waals surface area contributed by atoms with Gasteiger partial charge in [0.25, 0.3) is 0 Å². The van der Waals surface area contributed by atoms with Crippen LogP contribution in [0.15, 0.2) is 24.5 Å². The second-order valence-corrected chi connectivity index (χ2v) is 6.36. The van der Waals surface area contributed by atoms with E-state index in [-0.39, 0.29) is 0 Å². The summed E-state index contributed by atoms with van der Waals surface area (Å²) in [5.41, 5.74) is 2.41. The van der Waals surface area contributed by atoms with Gasteiger partial charge in [-0.05, 0) is 18.2 Å². The Morgan fingerprint density at radius 3 is 2.72 bits per heavy atom. The lowest BCUT2D eigenvalue weighted by Gasteiger charge is -2.19. The summed E-state index contributed by atoms with van der Waals surface area (Å²) in [6.07, 6.45) is 1.72. The number of hydrogen-bond acceptors (Lipinski definition) is 3. The second kappa shape index (κ2) is 3.69. The summed E-state index contributed by atoms with van der Waals surface area (Å²) in [7, 11) is 0.127. The van der Waals surface area contributed by atoms with Crippen LogP contribution in [-0.4, -0.2) is 42.4 Å². The maximum absolute atomic E-state index is 12.1. The van der Waals surface area contributed by atoms with Crippen molar-refractivity contribution in [2.75, 3.05) is 24.4 Å². The largest absolute Gasteiger partial charge is 0.334 e. The zero-order valence-corrected chi connectivity index (χ0v) is 11.1. The number of aromatic nitrogens is 2. The van der Waals surface area contributed by atoms with Crippen molar-refractivity contribution < 1.29 is 8.42 Å². The lowest BCUT2D eigenvalue weighted by molar-refractivity contribution is 0.561. The minimum absolute atomic E-state index is 0.610. The minimum Gasteiger partial charge on any atom is -0.334 e. The highest BCUT2D eigenvalue weighted by molar-refractivity contribution is 7.90. The molecular weight excluding hydrogens is 252 g/mol. The predicted octanol–water partition coefficient (Wildman–Crippen LogP) is 0.570. The Morgan fingerprint density at radius 1 is 1.33 bits per heavy atom. The third kappa shape index (κ3) is 1.67. The van der Waals surface area contributed by atoms with Crippen LogP contribution < -0.4 is 4.31 Å². The average Bonchev–Trinajstić information content (AvgIpc) is 3.14. The maximum Gasteiger partial charge on any atom is 0.303 e. The zero-order valence-electron chi connectivity index (χ0n) is 10.2. The van der Waals surface area contributed by atoms with Gasteiger partial charge in [0.2, 0.25) is 0 Å². The molecule has 1 saturated heterocycles. The van der Waals surface area contributed by atoms with Gasteiger partial charge in [0.05, 0.1) is 23.0 Å². The summed E-state index contributed by atoms with van der Waals surface area (Å²) in [4.78, 5) is 4.23. The molecule has 1 aromatic heterocycles. The van der Waals surface area contributed by atoms with Crippen LogP contribution in [-0.2, 0) is 17.3 Å². The number of rotatable bonds is 3. The molecule has 0 spiro atoms. The Hall–Kier alpha value is -1.60. The van der Waals surface area contributed by atoms with Crippen molar-refractivity contribution in [1.82, 2.24) is 13.9 Å². The molecule has 0 radical (unpaired) electrons. The lowest BCUT2D eigenvalue weighted by Crippen LogP contribution is -2.32. The van der Waals surface area contributed by atoms with Crippen molar-refractivity contribution in [3.05, 3.63) is 24.5 Å². The molecule has 0 aliphatic carbocycles. The fourth-order valence-corrected chi connectivity index (χ4v) is 3.17. The highest BCUT2D eigenvalue weighted by atomic mass is 32.2. The number of aryl methyl sites for hydroxylation is 1. The van der Waals surface area contributed by atoms with E-state index in [1.807, 2.05) is 17.7 Å². The second-order valence-electron chi connectivity index (χ2n) is 4.40. The first-order valence-electron chi connectivity index (χ1n) is 5.65. The highest BCUT2D eigenvalue weighted by Crippen LogP contribution is 2.25. The Labute approximate surface area is 106 Å². The number of nitrogens with zero attached hydrogens (tertiary/aromatic N) is 4. The van der Waals surface area contributed by atoms with Crippen molar-refractivity contribution in [3.8, 4) is 0 Å². The number of fused-ring (bicyclic) bond motifs is 1. The predicted molar refractivity (Wildman–Crippen MR) is 69.6 cm³/mol. The molecule has 2 heterocycles. The van der Waals surface area contributed by atoms with Crippen molar-refractivity contribution in [3.63, 3.8) is 0 Å². The molecule has 1 aliphatic rings. The van der Waals surface area contributed by atoms with Gasteiger partial charge < -0.3 is 4.57 Å². The van der Waals surface area contributed by atoms with Gasteiger partial charge in [-0.2, -0.15) is 12.7 Å². The van der Waals surface area contributed by atoms with E-state index >= 15 is 0 Å². The first-order chi connectivity index (χ1) is 8.50. The number of anilines is 1. The van der Waals surface area contributed by atoms with Gasteiger partial charge >= 0.3 is 10.2 Å². The molecule has 7 heteroatoms. The number of benzene rings is 1. The number of hydrogen-bond donors (Lipinski definition) is 0. The molecule has 0 bridgehead atoms. The molecule has 2 aromatic rings. The summed E-state index contributed by atoms with van der Waals surface area (Å²) >= 11 is 0. The van der Waals surface area contributed by atoms with Gasteiger partial charge in [-0.25, -0.2) is 4.98 Å². The standard InChI is InChI=1S/C11H14N4O2S/c1-13-8-12-10-7-9(3-4-11(10)13)14(2)18(16,17)15-5-6-15/h3-4,7-8H,5-6H2,1-2H3. The summed E-state index contributed by atoms with van der Waals surface area (Å²) in [5, 5.41) is 0. The maximum atomic E-state index is 12.1. The zero-order chi connectivity index (χ0) is 12.9. The van der Waals surface area contributed by atoms with Crippen LogP contribution in [0, 0.1) is 0 Å². The van der Waals surface area contributed by atoms with E-state index in [2.05, 4.69) is 4.98 Å². The lowest BCUT2D eigenvalue weighted by atomic mass is 10.3. The van der Waals surface area contributed by atoms with E-state index in [4.69, 9.17) is 0 Å². The van der Waals surface area contributed by atoms with Crippen LogP contribution in [0.2, 0.25) is 0 Å².